The number of nitrogens with two attached hydrogens (primary N) is 1. The number of carbonyl (C=O) groups is 1. The van der Waals surface area contributed by atoms with E-state index in [4.69, 9.17) is 5.73 Å². The summed E-state index contributed by atoms with van der Waals surface area (Å²) in [6, 6.07) is 2.67. The van der Waals surface area contributed by atoms with Crippen molar-refractivity contribution in [2.75, 3.05) is 12.8 Å². The molecule has 0 unspecified atom stereocenters. The summed E-state index contributed by atoms with van der Waals surface area (Å²) in [6.07, 6.45) is 0.597. The van der Waals surface area contributed by atoms with Crippen LogP contribution in [0.2, 0.25) is 0 Å². The highest BCUT2D eigenvalue weighted by Gasteiger charge is 2.11. The highest BCUT2D eigenvalue weighted by molar-refractivity contribution is 5.96. The second kappa shape index (κ2) is 4.09. The molecule has 0 radical (unpaired) electrons. The van der Waals surface area contributed by atoms with Gasteiger partial charge in [0.1, 0.15) is 5.82 Å². The maximum Gasteiger partial charge on any atom is 0.251 e. The van der Waals surface area contributed by atoms with Crippen molar-refractivity contribution in [3.63, 3.8) is 0 Å². The third-order valence-electron chi connectivity index (χ3n) is 2.08. The van der Waals surface area contributed by atoms with Gasteiger partial charge in [0.15, 0.2) is 0 Å². The van der Waals surface area contributed by atoms with E-state index in [1.807, 2.05) is 6.92 Å². The van der Waals surface area contributed by atoms with Crippen LogP contribution < -0.4 is 11.1 Å². The molecular formula is C10H13FN2O. The molecule has 0 atom stereocenters. The van der Waals surface area contributed by atoms with Crippen molar-refractivity contribution in [2.45, 2.75) is 13.3 Å². The molecule has 1 amide bonds. The number of rotatable bonds is 2. The molecule has 0 fully saturated rings. The minimum absolute atomic E-state index is 0.000741. The van der Waals surface area contributed by atoms with E-state index in [0.717, 1.165) is 0 Å². The van der Waals surface area contributed by atoms with Crippen LogP contribution in [0.1, 0.15) is 22.8 Å². The fraction of sp³-hybridized carbons (Fsp3) is 0.300. The van der Waals surface area contributed by atoms with Gasteiger partial charge in [-0.3, -0.25) is 4.79 Å². The highest BCUT2D eigenvalue weighted by Crippen LogP contribution is 2.18. The third-order valence-corrected chi connectivity index (χ3v) is 2.08. The Morgan fingerprint density at radius 3 is 2.71 bits per heavy atom. The van der Waals surface area contributed by atoms with Gasteiger partial charge in [-0.1, -0.05) is 6.92 Å². The molecule has 14 heavy (non-hydrogen) atoms. The summed E-state index contributed by atoms with van der Waals surface area (Å²) >= 11 is 0. The van der Waals surface area contributed by atoms with E-state index < -0.39 is 5.82 Å². The summed E-state index contributed by atoms with van der Waals surface area (Å²) in [7, 11) is 1.53. The molecule has 0 bridgehead atoms. The summed E-state index contributed by atoms with van der Waals surface area (Å²) < 4.78 is 13.1. The van der Waals surface area contributed by atoms with Crippen molar-refractivity contribution in [3.05, 3.63) is 29.1 Å². The van der Waals surface area contributed by atoms with Crippen LogP contribution in [0.25, 0.3) is 0 Å². The second-order valence-corrected chi connectivity index (χ2v) is 2.96. The Kier molecular flexibility index (Phi) is 3.06. The summed E-state index contributed by atoms with van der Waals surface area (Å²) in [5.74, 6) is -0.719. The minimum atomic E-state index is -0.477. The number of anilines is 1. The van der Waals surface area contributed by atoms with E-state index in [1.165, 1.54) is 19.2 Å². The lowest BCUT2D eigenvalue weighted by Gasteiger charge is -2.08. The molecule has 0 aromatic heterocycles. The first-order valence-corrected chi connectivity index (χ1v) is 4.40. The number of carbonyl (C=O) groups excluding carboxylic acids is 1. The minimum Gasteiger partial charge on any atom is -0.396 e. The van der Waals surface area contributed by atoms with Gasteiger partial charge in [0.2, 0.25) is 0 Å². The summed E-state index contributed by atoms with van der Waals surface area (Å²) in [5, 5.41) is 2.49. The molecule has 0 aliphatic carbocycles. The van der Waals surface area contributed by atoms with Gasteiger partial charge in [0.05, 0.1) is 5.69 Å². The summed E-state index contributed by atoms with van der Waals surface area (Å²) in [6.45, 7) is 1.86. The van der Waals surface area contributed by atoms with Gasteiger partial charge in [0.25, 0.3) is 5.91 Å². The SMILES string of the molecule is CCc1cc(F)c(N)cc1C(=O)NC. The maximum absolute atomic E-state index is 13.1. The average Bonchev–Trinajstić information content (AvgIpc) is 2.20. The van der Waals surface area contributed by atoms with Gasteiger partial charge in [-0.05, 0) is 24.1 Å². The Morgan fingerprint density at radius 2 is 2.21 bits per heavy atom. The number of halogens is 1. The Bertz CT molecular complexity index is 363. The molecule has 4 heteroatoms. The van der Waals surface area contributed by atoms with Crippen LogP contribution in [-0.2, 0) is 6.42 Å². The van der Waals surface area contributed by atoms with Crippen LogP contribution in [0, 0.1) is 5.82 Å². The number of nitrogens with one attached hydrogen (secondary N) is 1. The van der Waals surface area contributed by atoms with E-state index >= 15 is 0 Å². The molecule has 0 saturated heterocycles. The largest absolute Gasteiger partial charge is 0.396 e. The molecule has 0 saturated carbocycles. The fourth-order valence-corrected chi connectivity index (χ4v) is 1.27. The first-order valence-electron chi connectivity index (χ1n) is 4.40. The molecule has 0 aliphatic heterocycles. The van der Waals surface area contributed by atoms with Gasteiger partial charge < -0.3 is 11.1 Å². The van der Waals surface area contributed by atoms with E-state index in [-0.39, 0.29) is 11.6 Å². The summed E-state index contributed by atoms with van der Waals surface area (Å²) in [5.41, 5.74) is 6.48. The Morgan fingerprint density at radius 1 is 1.57 bits per heavy atom. The lowest BCUT2D eigenvalue weighted by Crippen LogP contribution is -2.20. The van der Waals surface area contributed by atoms with E-state index in [1.54, 1.807) is 0 Å². The molecule has 3 N–H and O–H groups in total. The standard InChI is InChI=1S/C10H13FN2O/c1-3-6-4-8(11)9(12)5-7(6)10(14)13-2/h4-5H,3,12H2,1-2H3,(H,13,14). The van der Waals surface area contributed by atoms with Gasteiger partial charge in [-0.15, -0.1) is 0 Å². The van der Waals surface area contributed by atoms with Crippen molar-refractivity contribution >= 4 is 11.6 Å². The van der Waals surface area contributed by atoms with Crippen LogP contribution >= 0.6 is 0 Å². The zero-order valence-corrected chi connectivity index (χ0v) is 8.23. The van der Waals surface area contributed by atoms with Gasteiger partial charge >= 0.3 is 0 Å². The van der Waals surface area contributed by atoms with Gasteiger partial charge in [-0.2, -0.15) is 0 Å². The summed E-state index contributed by atoms with van der Waals surface area (Å²) in [4.78, 5) is 11.4. The molecule has 0 heterocycles. The smallest absolute Gasteiger partial charge is 0.251 e. The number of hydrogen-bond acceptors (Lipinski definition) is 2. The molecule has 0 aliphatic rings. The Labute approximate surface area is 82.1 Å². The van der Waals surface area contributed by atoms with Crippen molar-refractivity contribution in [2.24, 2.45) is 0 Å². The van der Waals surface area contributed by atoms with Crippen LogP contribution in [0.5, 0.6) is 0 Å². The number of aryl methyl sites for hydroxylation is 1. The van der Waals surface area contributed by atoms with Crippen LogP contribution in [0.15, 0.2) is 12.1 Å². The molecule has 76 valence electrons. The van der Waals surface area contributed by atoms with Crippen LogP contribution in [0.3, 0.4) is 0 Å². The van der Waals surface area contributed by atoms with E-state index in [0.29, 0.717) is 17.5 Å². The predicted molar refractivity (Wildman–Crippen MR) is 53.6 cm³/mol. The number of benzene rings is 1. The van der Waals surface area contributed by atoms with Gasteiger partial charge in [0, 0.05) is 12.6 Å². The lowest BCUT2D eigenvalue weighted by atomic mass is 10.0. The third kappa shape index (κ3) is 1.84. The van der Waals surface area contributed by atoms with Gasteiger partial charge in [-0.25, -0.2) is 4.39 Å². The second-order valence-electron chi connectivity index (χ2n) is 2.96. The van der Waals surface area contributed by atoms with Crippen molar-refractivity contribution in [1.82, 2.24) is 5.32 Å². The zero-order valence-electron chi connectivity index (χ0n) is 8.23. The van der Waals surface area contributed by atoms with Crippen molar-refractivity contribution in [1.29, 1.82) is 0 Å². The maximum atomic E-state index is 13.1. The number of nitrogen functional groups attached to an aromatic ring is 1. The van der Waals surface area contributed by atoms with Crippen molar-refractivity contribution < 1.29 is 9.18 Å². The molecule has 1 rings (SSSR count). The normalized spacial score (nSPS) is 9.93. The molecule has 1 aromatic rings. The molecule has 1 aromatic carbocycles. The van der Waals surface area contributed by atoms with Crippen LogP contribution in [0.4, 0.5) is 10.1 Å². The number of amides is 1. The zero-order chi connectivity index (χ0) is 10.7. The van der Waals surface area contributed by atoms with Crippen LogP contribution in [-0.4, -0.2) is 13.0 Å². The monoisotopic (exact) mass is 196 g/mol. The quantitative estimate of drug-likeness (QED) is 0.701. The fourth-order valence-electron chi connectivity index (χ4n) is 1.27. The first-order chi connectivity index (χ1) is 6.60. The Hall–Kier alpha value is -1.58. The highest BCUT2D eigenvalue weighted by atomic mass is 19.1. The predicted octanol–water partition coefficient (Wildman–Crippen LogP) is 1.33. The van der Waals surface area contributed by atoms with E-state index in [9.17, 15) is 9.18 Å². The lowest BCUT2D eigenvalue weighted by molar-refractivity contribution is 0.0962. The Balaban J connectivity index is 3.27. The molecular weight excluding hydrogens is 183 g/mol. The van der Waals surface area contributed by atoms with Crippen molar-refractivity contribution in [3.8, 4) is 0 Å². The molecule has 0 spiro atoms. The van der Waals surface area contributed by atoms with E-state index in [2.05, 4.69) is 5.32 Å². The number of hydrogen-bond donors (Lipinski definition) is 2. The molecule has 3 nitrogen and oxygen atoms in total. The average molecular weight is 196 g/mol. The first kappa shape index (κ1) is 10.5. The topological polar surface area (TPSA) is 55.1 Å².